The number of amides is 2. The molecular formula is C19H26ClN7O2. The maximum Gasteiger partial charge on any atom is 0.314 e. The number of hydrogen-bond acceptors (Lipinski definition) is 5. The molecule has 0 saturated carbocycles. The number of nitrogens with one attached hydrogen (secondary N) is 2. The zero-order valence-corrected chi connectivity index (χ0v) is 17.2. The number of carbonyl (C=O) groups is 1. The Labute approximate surface area is 174 Å². The Bertz CT molecular complexity index is 847. The molecule has 0 unspecified atom stereocenters. The first-order valence-corrected chi connectivity index (χ1v) is 10.1. The third-order valence-electron chi connectivity index (χ3n) is 4.64. The molecule has 3 rings (SSSR count). The van der Waals surface area contributed by atoms with E-state index in [2.05, 4.69) is 25.8 Å². The molecule has 29 heavy (non-hydrogen) atoms. The molecule has 2 aromatic rings. The number of aliphatic imine (C=N–C) groups is 1. The number of carbonyl (C=O) groups excluding carboxylic acids is 1. The van der Waals surface area contributed by atoms with Gasteiger partial charge in [0.2, 0.25) is 11.7 Å². The predicted molar refractivity (Wildman–Crippen MR) is 112 cm³/mol. The predicted octanol–water partition coefficient (Wildman–Crippen LogP) is 2.03. The van der Waals surface area contributed by atoms with Crippen molar-refractivity contribution >= 4 is 23.6 Å². The number of benzene rings is 1. The van der Waals surface area contributed by atoms with Crippen LogP contribution in [0.2, 0.25) is 5.02 Å². The van der Waals surface area contributed by atoms with Gasteiger partial charge in [0.15, 0.2) is 5.96 Å². The molecule has 1 saturated heterocycles. The average molecular weight is 420 g/mol. The minimum absolute atomic E-state index is 0.251. The van der Waals surface area contributed by atoms with Gasteiger partial charge in [-0.25, -0.2) is 4.79 Å². The van der Waals surface area contributed by atoms with Gasteiger partial charge >= 0.3 is 6.03 Å². The first kappa shape index (κ1) is 20.9. The molecule has 2 heterocycles. The van der Waals surface area contributed by atoms with Crippen molar-refractivity contribution in [3.8, 4) is 11.4 Å². The minimum atomic E-state index is -0.360. The normalized spacial score (nSPS) is 15.4. The Hall–Kier alpha value is -2.81. The van der Waals surface area contributed by atoms with Crippen LogP contribution < -0.4 is 16.4 Å². The average Bonchev–Trinajstić information content (AvgIpc) is 3.17. The lowest BCUT2D eigenvalue weighted by atomic mass is 10.1. The standard InChI is InChI=1S/C19H26ClN7O2/c1-2-22-19(24-15-7-10-27(11-8-15)18(21)28)23-9-6-16-25-17(26-29-16)13-4-3-5-14(20)12-13/h3-5,12,15H,2,6-11H2,1H3,(H2,21,28)(H2,22,23,24). The summed E-state index contributed by atoms with van der Waals surface area (Å²) >= 11 is 6.01. The van der Waals surface area contributed by atoms with E-state index in [9.17, 15) is 4.79 Å². The van der Waals surface area contributed by atoms with Gasteiger partial charge in [-0.05, 0) is 31.9 Å². The van der Waals surface area contributed by atoms with E-state index < -0.39 is 0 Å². The number of nitrogens with two attached hydrogens (primary N) is 1. The van der Waals surface area contributed by atoms with E-state index in [1.165, 1.54) is 0 Å². The Morgan fingerprint density at radius 2 is 2.21 bits per heavy atom. The van der Waals surface area contributed by atoms with Crippen molar-refractivity contribution < 1.29 is 9.32 Å². The largest absolute Gasteiger partial charge is 0.357 e. The van der Waals surface area contributed by atoms with Gasteiger partial charge < -0.3 is 25.8 Å². The SMILES string of the molecule is CCNC(=NCCc1nc(-c2cccc(Cl)c2)no1)NC1CCN(C(N)=O)CC1. The smallest absolute Gasteiger partial charge is 0.314 e. The molecule has 9 nitrogen and oxygen atoms in total. The topological polar surface area (TPSA) is 122 Å². The third-order valence-corrected chi connectivity index (χ3v) is 4.87. The molecular weight excluding hydrogens is 394 g/mol. The van der Waals surface area contributed by atoms with Crippen LogP contribution in [0, 0.1) is 0 Å². The van der Waals surface area contributed by atoms with Crippen LogP contribution in [0.1, 0.15) is 25.7 Å². The van der Waals surface area contributed by atoms with Gasteiger partial charge in [-0.3, -0.25) is 4.99 Å². The fraction of sp³-hybridized carbons (Fsp3) is 0.474. The summed E-state index contributed by atoms with van der Waals surface area (Å²) in [6, 6.07) is 7.22. The van der Waals surface area contributed by atoms with Gasteiger partial charge in [0.1, 0.15) is 0 Å². The van der Waals surface area contributed by atoms with E-state index >= 15 is 0 Å². The molecule has 1 fully saturated rings. The van der Waals surface area contributed by atoms with Crippen LogP contribution in [-0.2, 0) is 6.42 Å². The summed E-state index contributed by atoms with van der Waals surface area (Å²) in [6.45, 7) is 4.58. The number of likely N-dealkylation sites (tertiary alicyclic amines) is 1. The molecule has 4 N–H and O–H groups in total. The zero-order valence-electron chi connectivity index (χ0n) is 16.4. The Morgan fingerprint density at radius 3 is 2.90 bits per heavy atom. The Morgan fingerprint density at radius 1 is 1.41 bits per heavy atom. The number of guanidine groups is 1. The van der Waals surface area contributed by atoms with Crippen LogP contribution in [0.15, 0.2) is 33.8 Å². The number of primary amides is 1. The van der Waals surface area contributed by atoms with E-state index in [1.54, 1.807) is 17.0 Å². The molecule has 0 atom stereocenters. The van der Waals surface area contributed by atoms with Gasteiger partial charge in [0.05, 0.1) is 6.54 Å². The van der Waals surface area contributed by atoms with E-state index in [0.717, 1.165) is 30.9 Å². The summed E-state index contributed by atoms with van der Waals surface area (Å²) in [6.07, 6.45) is 2.20. The lowest BCUT2D eigenvalue weighted by molar-refractivity contribution is 0.188. The summed E-state index contributed by atoms with van der Waals surface area (Å²) in [4.78, 5) is 21.9. The summed E-state index contributed by atoms with van der Waals surface area (Å²) in [5.41, 5.74) is 6.15. The summed E-state index contributed by atoms with van der Waals surface area (Å²) in [7, 11) is 0. The number of aromatic nitrogens is 2. The molecule has 156 valence electrons. The number of hydrogen-bond donors (Lipinski definition) is 3. The molecule has 0 aliphatic carbocycles. The molecule has 1 aromatic heterocycles. The first-order valence-electron chi connectivity index (χ1n) is 9.73. The van der Waals surface area contributed by atoms with Gasteiger partial charge in [-0.2, -0.15) is 4.98 Å². The van der Waals surface area contributed by atoms with Crippen LogP contribution in [0.5, 0.6) is 0 Å². The van der Waals surface area contributed by atoms with Crippen molar-refractivity contribution in [2.24, 2.45) is 10.7 Å². The van der Waals surface area contributed by atoms with Crippen LogP contribution in [0.4, 0.5) is 4.79 Å². The van der Waals surface area contributed by atoms with Gasteiger partial charge in [-0.15, -0.1) is 0 Å². The second kappa shape index (κ2) is 10.1. The number of piperidine rings is 1. The maximum absolute atomic E-state index is 11.2. The second-order valence-corrected chi connectivity index (χ2v) is 7.21. The van der Waals surface area contributed by atoms with Gasteiger partial charge in [-0.1, -0.05) is 28.9 Å². The molecule has 0 bridgehead atoms. The van der Waals surface area contributed by atoms with E-state index in [-0.39, 0.29) is 12.1 Å². The van der Waals surface area contributed by atoms with Crippen molar-refractivity contribution in [3.63, 3.8) is 0 Å². The summed E-state index contributed by atoms with van der Waals surface area (Å²) in [5.74, 6) is 1.77. The highest BCUT2D eigenvalue weighted by Crippen LogP contribution is 2.20. The van der Waals surface area contributed by atoms with Gasteiger partial charge in [0.25, 0.3) is 0 Å². The van der Waals surface area contributed by atoms with E-state index in [4.69, 9.17) is 21.9 Å². The molecule has 0 radical (unpaired) electrons. The summed E-state index contributed by atoms with van der Waals surface area (Å²) in [5, 5.41) is 11.3. The third kappa shape index (κ3) is 6.08. The van der Waals surface area contributed by atoms with Crippen molar-refractivity contribution in [1.82, 2.24) is 25.7 Å². The molecule has 1 aromatic carbocycles. The fourth-order valence-corrected chi connectivity index (χ4v) is 3.31. The molecule has 1 aliphatic rings. The first-order chi connectivity index (χ1) is 14.0. The van der Waals surface area contributed by atoms with Crippen molar-refractivity contribution in [1.29, 1.82) is 0 Å². The molecule has 2 amide bonds. The fourth-order valence-electron chi connectivity index (χ4n) is 3.12. The highest BCUT2D eigenvalue weighted by atomic mass is 35.5. The van der Waals surface area contributed by atoms with E-state index in [1.807, 2.05) is 19.1 Å². The van der Waals surface area contributed by atoms with Crippen LogP contribution in [0.3, 0.4) is 0 Å². The van der Waals surface area contributed by atoms with Crippen molar-refractivity contribution in [2.45, 2.75) is 32.2 Å². The summed E-state index contributed by atoms with van der Waals surface area (Å²) < 4.78 is 5.32. The second-order valence-electron chi connectivity index (χ2n) is 6.78. The van der Waals surface area contributed by atoms with E-state index in [0.29, 0.717) is 42.8 Å². The van der Waals surface area contributed by atoms with Crippen LogP contribution in [0.25, 0.3) is 11.4 Å². The lowest BCUT2D eigenvalue weighted by Gasteiger charge is -2.32. The highest BCUT2D eigenvalue weighted by molar-refractivity contribution is 6.30. The zero-order chi connectivity index (χ0) is 20.6. The van der Waals surface area contributed by atoms with Crippen molar-refractivity contribution in [2.75, 3.05) is 26.2 Å². The van der Waals surface area contributed by atoms with Crippen LogP contribution in [-0.4, -0.2) is 59.3 Å². The number of rotatable bonds is 6. The van der Waals surface area contributed by atoms with Crippen LogP contribution >= 0.6 is 11.6 Å². The maximum atomic E-state index is 11.2. The minimum Gasteiger partial charge on any atom is -0.357 e. The highest BCUT2D eigenvalue weighted by Gasteiger charge is 2.21. The van der Waals surface area contributed by atoms with Crippen molar-refractivity contribution in [3.05, 3.63) is 35.2 Å². The quantitative estimate of drug-likeness (QED) is 0.486. The molecule has 0 spiro atoms. The monoisotopic (exact) mass is 419 g/mol. The Kier molecular flexibility index (Phi) is 7.29. The van der Waals surface area contributed by atoms with Gasteiger partial charge in [0, 0.05) is 42.7 Å². The lowest BCUT2D eigenvalue weighted by Crippen LogP contribution is -2.50. The molecule has 1 aliphatic heterocycles. The number of urea groups is 1. The number of nitrogens with zero attached hydrogens (tertiary/aromatic N) is 4. The Balaban J connectivity index is 1.52. The number of halogens is 1. The molecule has 10 heteroatoms.